The van der Waals surface area contributed by atoms with Gasteiger partial charge < -0.3 is 14.6 Å². The number of carbonyl (C=O) groups is 2. The summed E-state index contributed by atoms with van der Waals surface area (Å²) in [5, 5.41) is 13.6. The average Bonchev–Trinajstić information content (AvgIpc) is 3.57. The minimum Gasteiger partial charge on any atom is -0.507 e. The van der Waals surface area contributed by atoms with Crippen molar-refractivity contribution in [2.45, 2.75) is 19.9 Å². The number of aromatic nitrogens is 1. The molecular formula is C26H20N2O5S2. The minimum atomic E-state index is -0.787. The lowest BCUT2D eigenvalue weighted by atomic mass is 9.99. The van der Waals surface area contributed by atoms with Crippen molar-refractivity contribution in [3.63, 3.8) is 0 Å². The highest BCUT2D eigenvalue weighted by Crippen LogP contribution is 2.46. The van der Waals surface area contributed by atoms with Crippen LogP contribution in [0.5, 0.6) is 11.5 Å². The Morgan fingerprint density at radius 2 is 1.89 bits per heavy atom. The van der Waals surface area contributed by atoms with Crippen molar-refractivity contribution in [3.05, 3.63) is 75.0 Å². The number of benzene rings is 2. The van der Waals surface area contributed by atoms with Gasteiger partial charge in [0.1, 0.15) is 25.0 Å². The first-order valence-corrected chi connectivity index (χ1v) is 12.7. The molecular weight excluding hydrogens is 484 g/mol. The van der Waals surface area contributed by atoms with Crippen molar-refractivity contribution in [2.24, 2.45) is 0 Å². The summed E-state index contributed by atoms with van der Waals surface area (Å²) in [7, 11) is 0. The highest BCUT2D eigenvalue weighted by atomic mass is 32.1. The first-order chi connectivity index (χ1) is 16.9. The highest BCUT2D eigenvalue weighted by molar-refractivity contribution is 7.22. The molecule has 7 nitrogen and oxygen atoms in total. The van der Waals surface area contributed by atoms with E-state index in [-0.39, 0.29) is 11.3 Å². The maximum absolute atomic E-state index is 13.4. The Labute approximate surface area is 208 Å². The number of hydrogen-bond donors (Lipinski definition) is 1. The summed E-state index contributed by atoms with van der Waals surface area (Å²) in [6, 6.07) is 12.0. The Bertz CT molecular complexity index is 1540. The van der Waals surface area contributed by atoms with E-state index in [0.29, 0.717) is 35.4 Å². The number of aliphatic hydroxyl groups excluding tert-OH is 1. The number of ketones is 1. The smallest absolute Gasteiger partial charge is 0.301 e. The standard InChI is InChI=1S/C26H20N2O5S2/c1-13-10-14(2)21-19(11-13)35-26(27-21)28-22(18-4-3-9-34-18)20(24(30)25(28)31)23(29)15-5-6-16-17(12-15)33-8-7-32-16/h3-6,9-12,22,29H,7-8H2,1-2H3/b23-20+/t22-/m1/s1. The zero-order valence-corrected chi connectivity index (χ0v) is 20.5. The molecule has 4 aromatic rings. The number of amides is 1. The topological polar surface area (TPSA) is 89.0 Å². The lowest BCUT2D eigenvalue weighted by Gasteiger charge is -2.22. The van der Waals surface area contributed by atoms with Crippen LogP contribution in [-0.2, 0) is 9.59 Å². The van der Waals surface area contributed by atoms with Gasteiger partial charge in [-0.25, -0.2) is 4.98 Å². The quantitative estimate of drug-likeness (QED) is 0.229. The molecule has 9 heteroatoms. The molecule has 0 saturated carbocycles. The van der Waals surface area contributed by atoms with Crippen molar-refractivity contribution in [1.29, 1.82) is 0 Å². The van der Waals surface area contributed by atoms with E-state index in [4.69, 9.17) is 14.5 Å². The fraction of sp³-hybridized carbons (Fsp3) is 0.192. The van der Waals surface area contributed by atoms with Crippen molar-refractivity contribution in [2.75, 3.05) is 18.1 Å². The Morgan fingerprint density at radius 3 is 2.66 bits per heavy atom. The molecule has 176 valence electrons. The number of hydrogen-bond acceptors (Lipinski definition) is 8. The van der Waals surface area contributed by atoms with E-state index in [1.165, 1.54) is 27.6 Å². The average molecular weight is 505 g/mol. The number of Topliss-reactive ketones (excluding diaryl/α,β-unsaturated/α-hetero) is 1. The first-order valence-electron chi connectivity index (χ1n) is 11.0. The van der Waals surface area contributed by atoms with Gasteiger partial charge in [0.05, 0.1) is 15.8 Å². The molecule has 35 heavy (non-hydrogen) atoms. The van der Waals surface area contributed by atoms with E-state index in [1.54, 1.807) is 18.2 Å². The number of nitrogens with zero attached hydrogens (tertiary/aromatic N) is 2. The van der Waals surface area contributed by atoms with Crippen LogP contribution < -0.4 is 14.4 Å². The molecule has 2 aliphatic heterocycles. The molecule has 6 rings (SSSR count). The Kier molecular flexibility index (Phi) is 5.12. The number of thiazole rings is 1. The van der Waals surface area contributed by atoms with Crippen LogP contribution in [0, 0.1) is 13.8 Å². The summed E-state index contributed by atoms with van der Waals surface area (Å²) >= 11 is 2.78. The van der Waals surface area contributed by atoms with Gasteiger partial charge in [-0.1, -0.05) is 23.5 Å². The number of carbonyl (C=O) groups excluding carboxylic acids is 2. The summed E-state index contributed by atoms with van der Waals surface area (Å²) in [5.74, 6) is -0.657. The third-order valence-electron chi connectivity index (χ3n) is 6.10. The van der Waals surface area contributed by atoms with Crippen LogP contribution >= 0.6 is 22.7 Å². The zero-order valence-electron chi connectivity index (χ0n) is 18.9. The molecule has 1 fully saturated rings. The van der Waals surface area contributed by atoms with Crippen LogP contribution in [0.2, 0.25) is 0 Å². The van der Waals surface area contributed by atoms with Crippen molar-refractivity contribution >= 4 is 55.5 Å². The maximum atomic E-state index is 13.4. The summed E-state index contributed by atoms with van der Waals surface area (Å²) < 4.78 is 12.1. The first kappa shape index (κ1) is 21.8. The van der Waals surface area contributed by atoms with Gasteiger partial charge in [-0.15, -0.1) is 11.3 Å². The van der Waals surface area contributed by atoms with Gasteiger partial charge in [-0.05, 0) is 60.7 Å². The highest BCUT2D eigenvalue weighted by Gasteiger charge is 2.48. The van der Waals surface area contributed by atoms with Crippen molar-refractivity contribution in [1.82, 2.24) is 4.98 Å². The van der Waals surface area contributed by atoms with Gasteiger partial charge in [0.15, 0.2) is 16.6 Å². The second kappa shape index (κ2) is 8.21. The molecule has 1 saturated heterocycles. The molecule has 0 unspecified atom stereocenters. The van der Waals surface area contributed by atoms with Crippen LogP contribution in [0.1, 0.15) is 27.6 Å². The predicted octanol–water partition coefficient (Wildman–Crippen LogP) is 5.37. The number of rotatable bonds is 3. The molecule has 4 heterocycles. The predicted molar refractivity (Wildman–Crippen MR) is 136 cm³/mol. The fourth-order valence-electron chi connectivity index (χ4n) is 4.55. The number of fused-ring (bicyclic) bond motifs is 2. The van der Waals surface area contributed by atoms with Gasteiger partial charge in [-0.2, -0.15) is 0 Å². The molecule has 2 aliphatic rings. The monoisotopic (exact) mass is 504 g/mol. The molecule has 0 bridgehead atoms. The number of aliphatic hydroxyl groups is 1. The van der Waals surface area contributed by atoms with Crippen LogP contribution in [0.3, 0.4) is 0 Å². The molecule has 0 radical (unpaired) electrons. The molecule has 0 spiro atoms. The van der Waals surface area contributed by atoms with Crippen molar-refractivity contribution in [3.8, 4) is 11.5 Å². The third kappa shape index (κ3) is 3.50. The zero-order chi connectivity index (χ0) is 24.3. The Morgan fingerprint density at radius 1 is 1.09 bits per heavy atom. The largest absolute Gasteiger partial charge is 0.507 e. The second-order valence-corrected chi connectivity index (χ2v) is 10.5. The van der Waals surface area contributed by atoms with Crippen LogP contribution in [-0.4, -0.2) is 35.0 Å². The van der Waals surface area contributed by atoms with Crippen molar-refractivity contribution < 1.29 is 24.2 Å². The van der Waals surface area contributed by atoms with Crippen LogP contribution in [0.15, 0.2) is 53.4 Å². The van der Waals surface area contributed by atoms with Gasteiger partial charge in [0.25, 0.3) is 5.78 Å². The van der Waals surface area contributed by atoms with Gasteiger partial charge in [-0.3, -0.25) is 14.5 Å². The summed E-state index contributed by atoms with van der Waals surface area (Å²) in [6.45, 7) is 4.83. The summed E-state index contributed by atoms with van der Waals surface area (Å²) in [6.07, 6.45) is 0. The van der Waals surface area contributed by atoms with E-state index >= 15 is 0 Å². The van der Waals surface area contributed by atoms with Crippen LogP contribution in [0.25, 0.3) is 16.0 Å². The van der Waals surface area contributed by atoms with Gasteiger partial charge in [0, 0.05) is 10.4 Å². The van der Waals surface area contributed by atoms with E-state index < -0.39 is 17.7 Å². The second-order valence-electron chi connectivity index (χ2n) is 8.47. The summed E-state index contributed by atoms with van der Waals surface area (Å²) in [5.41, 5.74) is 3.31. The van der Waals surface area contributed by atoms with E-state index in [9.17, 15) is 14.7 Å². The van der Waals surface area contributed by atoms with Gasteiger partial charge in [0.2, 0.25) is 0 Å². The van der Waals surface area contributed by atoms with Gasteiger partial charge >= 0.3 is 5.91 Å². The third-order valence-corrected chi connectivity index (χ3v) is 8.02. The number of thiophene rings is 1. The SMILES string of the molecule is Cc1cc(C)c2nc(N3C(=O)C(=O)/C(=C(/O)c4ccc5c(c4)OCCO5)[C@H]3c3cccs3)sc2c1. The molecule has 1 atom stereocenters. The fourth-order valence-corrected chi connectivity index (χ4v) is 6.55. The molecule has 0 aliphatic carbocycles. The Hall–Kier alpha value is -3.69. The summed E-state index contributed by atoms with van der Waals surface area (Å²) in [4.78, 5) is 33.6. The van der Waals surface area contributed by atoms with E-state index in [2.05, 4.69) is 0 Å². The number of ether oxygens (including phenoxy) is 2. The number of aryl methyl sites for hydroxylation is 2. The van der Waals surface area contributed by atoms with E-state index in [1.807, 2.05) is 43.5 Å². The number of anilines is 1. The normalized spacial score (nSPS) is 19.0. The molecule has 2 aromatic heterocycles. The lowest BCUT2D eigenvalue weighted by molar-refractivity contribution is -0.132. The Balaban J connectivity index is 1.53. The molecule has 1 amide bonds. The molecule has 1 N–H and O–H groups in total. The lowest BCUT2D eigenvalue weighted by Crippen LogP contribution is -2.28. The van der Waals surface area contributed by atoms with E-state index in [0.717, 1.165) is 26.2 Å². The van der Waals surface area contributed by atoms with Crippen LogP contribution in [0.4, 0.5) is 5.13 Å². The molecule has 2 aromatic carbocycles. The minimum absolute atomic E-state index is 0.0290. The maximum Gasteiger partial charge on any atom is 0.301 e.